The number of quaternary nitrogens is 2. The summed E-state index contributed by atoms with van der Waals surface area (Å²) in [4.78, 5) is 20.3. The highest BCUT2D eigenvalue weighted by Crippen LogP contribution is 2.04. The monoisotopic (exact) mass is 492 g/mol. The average Bonchev–Trinajstić information content (AvgIpc) is 2.82. The maximum Gasteiger partial charge on any atom is 0.0882 e. The molecule has 1 saturated heterocycles. The number of rotatable bonds is 2. The van der Waals surface area contributed by atoms with Crippen LogP contribution in [0.25, 0.3) is 0 Å². The zero-order valence-electron chi connectivity index (χ0n) is 20.1. The lowest BCUT2D eigenvalue weighted by Crippen LogP contribution is -2.87. The van der Waals surface area contributed by atoms with E-state index in [0.717, 1.165) is 13.1 Å². The first-order valence-corrected chi connectivity index (χ1v) is 11.6. The molecule has 0 aromatic heterocycles. The van der Waals surface area contributed by atoms with Crippen LogP contribution >= 0.6 is 0 Å². The summed E-state index contributed by atoms with van der Waals surface area (Å²) in [5.74, 6) is -2.36. The van der Waals surface area contributed by atoms with Crippen molar-refractivity contribution in [3.63, 3.8) is 0 Å². The third-order valence-electron chi connectivity index (χ3n) is 4.87. The van der Waals surface area contributed by atoms with E-state index in [-0.39, 0.29) is 16.6 Å². The molecule has 2 aromatic rings. The van der Waals surface area contributed by atoms with E-state index in [0.29, 0.717) is 11.4 Å². The van der Waals surface area contributed by atoms with Gasteiger partial charge in [-0.1, -0.05) is 24.3 Å². The molecule has 0 bridgehead atoms. The Bertz CT molecular complexity index is 709. The molecule has 1 aliphatic heterocycles. The molecule has 0 atom stereocenters. The highest BCUT2D eigenvalue weighted by Gasteiger charge is 1.96. The summed E-state index contributed by atoms with van der Waals surface area (Å²) < 4.78 is 0. The molecule has 0 aliphatic carbocycles. The number of hydrogen-bond donors (Lipinski definition) is 6. The highest BCUT2D eigenvalue weighted by molar-refractivity contribution is 5.86. The first-order chi connectivity index (χ1) is 16.4. The quantitative estimate of drug-likeness (QED) is 0.224. The molecule has 3 rings (SSSR count). The molecule has 35 heavy (non-hydrogen) atoms. The summed E-state index contributed by atoms with van der Waals surface area (Å²) >= 11 is 0. The lowest BCUT2D eigenvalue weighted by molar-refractivity contribution is -0.655. The standard InChI is InChI=1S/C10H24N4.2C7H7NO2.H2O/c1-3-11-7-9-13-5-2-6-14-10-8-12-4-1;2*8-6-3-1-5(2-4-6)7(9)10;/h11-14H,1-10H2;2*1-4H,8H2,(H,9,10);1H2. The van der Waals surface area contributed by atoms with Gasteiger partial charge in [0.05, 0.1) is 38.1 Å². The number of benzene rings is 2. The van der Waals surface area contributed by atoms with Gasteiger partial charge in [-0.3, -0.25) is 0 Å². The Hall–Kier alpha value is -3.22. The van der Waals surface area contributed by atoms with Crippen molar-refractivity contribution >= 4 is 23.3 Å². The summed E-state index contributed by atoms with van der Waals surface area (Å²) in [5, 5.41) is 32.1. The first kappa shape index (κ1) is 31.8. The largest absolute Gasteiger partial charge is 0.545 e. The van der Waals surface area contributed by atoms with Gasteiger partial charge < -0.3 is 58.0 Å². The second-order valence-corrected chi connectivity index (χ2v) is 7.76. The number of carboxylic acid groups (broad SMARTS) is 2. The molecular weight excluding hydrogens is 452 g/mol. The van der Waals surface area contributed by atoms with E-state index < -0.39 is 11.9 Å². The van der Waals surface area contributed by atoms with Gasteiger partial charge in [-0.05, 0) is 35.4 Å². The number of carbonyl (C=O) groups excluding carboxylic acids is 2. The predicted molar refractivity (Wildman–Crippen MR) is 132 cm³/mol. The Balaban J connectivity index is 0.000000499. The molecule has 12 N–H and O–H groups in total. The van der Waals surface area contributed by atoms with E-state index in [1.807, 2.05) is 0 Å². The van der Waals surface area contributed by atoms with Gasteiger partial charge in [-0.2, -0.15) is 0 Å². The van der Waals surface area contributed by atoms with Crippen molar-refractivity contribution in [2.75, 3.05) is 63.8 Å². The molecule has 2 aromatic carbocycles. The number of aromatic carboxylic acids is 2. The van der Waals surface area contributed by atoms with Crippen molar-refractivity contribution in [2.45, 2.75) is 12.8 Å². The minimum absolute atomic E-state index is 0. The van der Waals surface area contributed by atoms with Crippen molar-refractivity contribution in [3.05, 3.63) is 59.7 Å². The van der Waals surface area contributed by atoms with Crippen LogP contribution in [0, 0.1) is 0 Å². The van der Waals surface area contributed by atoms with Crippen molar-refractivity contribution in [2.24, 2.45) is 0 Å². The molecule has 1 aliphatic rings. The summed E-state index contributed by atoms with van der Waals surface area (Å²) in [6.07, 6.45) is 2.58. The molecule has 196 valence electrons. The van der Waals surface area contributed by atoms with Crippen LogP contribution in [0.15, 0.2) is 48.5 Å². The number of carboxylic acids is 2. The topological polar surface area (TPSA) is 221 Å². The molecule has 11 heteroatoms. The van der Waals surface area contributed by atoms with E-state index in [2.05, 4.69) is 21.3 Å². The molecule has 0 unspecified atom stereocenters. The Morgan fingerprint density at radius 3 is 1.29 bits per heavy atom. The second-order valence-electron chi connectivity index (χ2n) is 7.76. The van der Waals surface area contributed by atoms with Crippen LogP contribution in [0.3, 0.4) is 0 Å². The van der Waals surface area contributed by atoms with Crippen LogP contribution < -0.4 is 42.9 Å². The van der Waals surface area contributed by atoms with Gasteiger partial charge in [-0.15, -0.1) is 0 Å². The zero-order valence-corrected chi connectivity index (χ0v) is 20.1. The number of anilines is 2. The summed E-state index contributed by atoms with van der Waals surface area (Å²) in [7, 11) is 0. The van der Waals surface area contributed by atoms with E-state index >= 15 is 0 Å². The fraction of sp³-hybridized carbons (Fsp3) is 0.417. The maximum absolute atomic E-state index is 10.2. The van der Waals surface area contributed by atoms with Gasteiger partial charge in [0.25, 0.3) is 0 Å². The van der Waals surface area contributed by atoms with E-state index in [1.54, 1.807) is 0 Å². The molecule has 1 fully saturated rings. The zero-order chi connectivity index (χ0) is 25.0. The molecule has 11 nitrogen and oxygen atoms in total. The van der Waals surface area contributed by atoms with Crippen LogP contribution in [-0.4, -0.2) is 69.8 Å². The fourth-order valence-electron chi connectivity index (χ4n) is 2.93. The van der Waals surface area contributed by atoms with Crippen LogP contribution in [0.2, 0.25) is 0 Å². The number of nitrogens with two attached hydrogens (primary N) is 4. The highest BCUT2D eigenvalue weighted by atomic mass is 16.4. The van der Waals surface area contributed by atoms with Gasteiger partial charge in [0.1, 0.15) is 0 Å². The average molecular weight is 493 g/mol. The lowest BCUT2D eigenvalue weighted by atomic mass is 10.2. The molecule has 1 heterocycles. The van der Waals surface area contributed by atoms with Crippen molar-refractivity contribution < 1.29 is 35.9 Å². The third kappa shape index (κ3) is 17.0. The third-order valence-corrected chi connectivity index (χ3v) is 4.87. The van der Waals surface area contributed by atoms with Gasteiger partial charge in [0.15, 0.2) is 0 Å². The number of hydrogen-bond acceptors (Lipinski definition) is 8. The molecule has 0 radical (unpaired) electrons. The maximum atomic E-state index is 10.2. The normalized spacial score (nSPS) is 14.9. The Labute approximate surface area is 206 Å². The lowest BCUT2D eigenvalue weighted by Gasteiger charge is -2.07. The second kappa shape index (κ2) is 20.2. The van der Waals surface area contributed by atoms with E-state index in [9.17, 15) is 19.8 Å². The van der Waals surface area contributed by atoms with Gasteiger partial charge in [0, 0.05) is 50.4 Å². The fourth-order valence-corrected chi connectivity index (χ4v) is 2.93. The van der Waals surface area contributed by atoms with Gasteiger partial charge in [-0.25, -0.2) is 0 Å². The number of nitrogens with one attached hydrogen (secondary N) is 2. The molecule has 0 spiro atoms. The number of carbonyl (C=O) groups is 2. The van der Waals surface area contributed by atoms with Gasteiger partial charge >= 0.3 is 0 Å². The summed E-state index contributed by atoms with van der Waals surface area (Å²) in [5.41, 5.74) is 12.0. The number of nitrogen functional groups attached to an aromatic ring is 2. The van der Waals surface area contributed by atoms with Crippen molar-refractivity contribution in [1.29, 1.82) is 0 Å². The van der Waals surface area contributed by atoms with Gasteiger partial charge in [0.2, 0.25) is 0 Å². The Morgan fingerprint density at radius 2 is 0.971 bits per heavy atom. The Kier molecular flexibility index (Phi) is 18.3. The molecule has 0 amide bonds. The smallest absolute Gasteiger partial charge is 0.0882 e. The van der Waals surface area contributed by atoms with Crippen LogP contribution in [0.4, 0.5) is 11.4 Å². The van der Waals surface area contributed by atoms with Crippen LogP contribution in [0.5, 0.6) is 0 Å². The minimum atomic E-state index is -1.18. The molecule has 0 saturated carbocycles. The van der Waals surface area contributed by atoms with E-state index in [1.165, 1.54) is 101 Å². The predicted octanol–water partition coefficient (Wildman–Crippen LogP) is -4.47. The van der Waals surface area contributed by atoms with Crippen LogP contribution in [-0.2, 0) is 0 Å². The minimum Gasteiger partial charge on any atom is -0.545 e. The summed E-state index contributed by atoms with van der Waals surface area (Å²) in [6.45, 7) is 9.65. The van der Waals surface area contributed by atoms with Crippen molar-refractivity contribution in [3.8, 4) is 0 Å². The molecular formula is C24H40N6O5. The van der Waals surface area contributed by atoms with E-state index in [4.69, 9.17) is 11.5 Å². The Morgan fingerprint density at radius 1 is 0.629 bits per heavy atom. The van der Waals surface area contributed by atoms with Crippen molar-refractivity contribution in [1.82, 2.24) is 10.6 Å². The van der Waals surface area contributed by atoms with Crippen LogP contribution in [0.1, 0.15) is 33.6 Å². The first-order valence-electron chi connectivity index (χ1n) is 11.6. The SMILES string of the molecule is C1CNCC[NH2+]CCCNCC[NH2+]C1.Nc1ccc(C(=O)[O-])cc1.Nc1ccc(C(=O)[O-])cc1.O. The summed E-state index contributed by atoms with van der Waals surface area (Å²) in [6, 6.07) is 11.7.